The van der Waals surface area contributed by atoms with E-state index >= 15 is 0 Å². The molecule has 4 rings (SSSR count). The predicted octanol–water partition coefficient (Wildman–Crippen LogP) is 4.34. The zero-order valence-corrected chi connectivity index (χ0v) is 14.5. The van der Waals surface area contributed by atoms with Crippen molar-refractivity contribution in [3.05, 3.63) is 53.9 Å². The van der Waals surface area contributed by atoms with Crippen LogP contribution in [0, 0.1) is 18.6 Å². The molecule has 0 bridgehead atoms. The molecule has 7 heteroatoms. The van der Waals surface area contributed by atoms with Crippen LogP contribution in [-0.2, 0) is 0 Å². The molecule has 1 aromatic carbocycles. The maximum absolute atomic E-state index is 13.8. The maximum Gasteiger partial charge on any atom is 0.169 e. The van der Waals surface area contributed by atoms with Gasteiger partial charge in [-0.05, 0) is 39.0 Å². The van der Waals surface area contributed by atoms with Crippen molar-refractivity contribution >= 4 is 21.9 Å². The molecule has 0 fully saturated rings. The first-order chi connectivity index (χ1) is 12.5. The van der Waals surface area contributed by atoms with E-state index in [0.29, 0.717) is 39.2 Å². The van der Waals surface area contributed by atoms with Gasteiger partial charge in [-0.2, -0.15) is 9.78 Å². The molecule has 0 radical (unpaired) electrons. The Balaban J connectivity index is 2.14. The van der Waals surface area contributed by atoms with Gasteiger partial charge in [-0.1, -0.05) is 6.07 Å². The van der Waals surface area contributed by atoms with Gasteiger partial charge in [0.25, 0.3) is 0 Å². The van der Waals surface area contributed by atoms with Gasteiger partial charge >= 0.3 is 0 Å². The van der Waals surface area contributed by atoms with Gasteiger partial charge in [0.15, 0.2) is 23.1 Å². The number of fused-ring (bicyclic) bond motifs is 2. The van der Waals surface area contributed by atoms with Gasteiger partial charge in [0.2, 0.25) is 0 Å². The molecule has 132 valence electrons. The van der Waals surface area contributed by atoms with E-state index in [2.05, 4.69) is 15.1 Å². The van der Waals surface area contributed by atoms with Crippen molar-refractivity contribution in [1.82, 2.24) is 19.7 Å². The topological polar surface area (TPSA) is 52.8 Å². The normalized spacial score (nSPS) is 11.6. The van der Waals surface area contributed by atoms with Crippen LogP contribution < -0.4 is 4.74 Å². The number of rotatable bonds is 3. The molecular weight excluding hydrogens is 338 g/mol. The number of nitrogens with zero attached hydrogens (tertiary/aromatic N) is 4. The summed E-state index contributed by atoms with van der Waals surface area (Å²) >= 11 is 0. The number of pyridine rings is 2. The number of halogens is 2. The molecule has 0 aliphatic heterocycles. The van der Waals surface area contributed by atoms with Gasteiger partial charge in [-0.15, -0.1) is 0 Å². The number of hydrogen-bond acceptors (Lipinski definition) is 4. The van der Waals surface area contributed by atoms with E-state index in [-0.39, 0.29) is 6.10 Å². The van der Waals surface area contributed by atoms with E-state index in [0.717, 1.165) is 12.1 Å². The molecule has 0 spiro atoms. The number of ether oxygens (including phenoxy) is 1. The minimum Gasteiger partial charge on any atom is -0.489 e. The van der Waals surface area contributed by atoms with Gasteiger partial charge in [-0.25, -0.2) is 18.7 Å². The van der Waals surface area contributed by atoms with Crippen LogP contribution in [0.4, 0.5) is 8.78 Å². The molecule has 0 N–H and O–H groups in total. The highest BCUT2D eigenvalue weighted by Crippen LogP contribution is 2.37. The summed E-state index contributed by atoms with van der Waals surface area (Å²) in [4.78, 5) is 8.82. The van der Waals surface area contributed by atoms with Gasteiger partial charge in [0.1, 0.15) is 5.75 Å². The Labute approximate surface area is 148 Å². The van der Waals surface area contributed by atoms with Crippen LogP contribution >= 0.6 is 0 Å². The number of aromatic nitrogens is 4. The zero-order chi connectivity index (χ0) is 18.4. The van der Waals surface area contributed by atoms with Crippen LogP contribution in [-0.4, -0.2) is 25.9 Å². The molecule has 26 heavy (non-hydrogen) atoms. The maximum atomic E-state index is 13.8. The first-order valence-corrected chi connectivity index (χ1v) is 8.22. The Kier molecular flexibility index (Phi) is 3.79. The van der Waals surface area contributed by atoms with Crippen LogP contribution in [0.1, 0.15) is 19.5 Å². The average Bonchev–Trinajstić information content (AvgIpc) is 2.93. The Hall–Kier alpha value is -3.09. The monoisotopic (exact) mass is 354 g/mol. The number of hydrogen-bond donors (Lipinski definition) is 0. The molecule has 0 aliphatic carbocycles. The van der Waals surface area contributed by atoms with E-state index < -0.39 is 11.6 Å². The van der Waals surface area contributed by atoms with E-state index in [1.165, 1.54) is 0 Å². The minimum absolute atomic E-state index is 0.158. The summed E-state index contributed by atoms with van der Waals surface area (Å²) in [6.07, 6.45) is 1.49. The largest absolute Gasteiger partial charge is 0.489 e. The first kappa shape index (κ1) is 16.4. The SMILES string of the molecule is Cc1nn(-c2ccccn2)c2nc3cc(F)c(F)cc3c(OC(C)C)c12. The van der Waals surface area contributed by atoms with Crippen LogP contribution in [0.25, 0.3) is 27.8 Å². The lowest BCUT2D eigenvalue weighted by Crippen LogP contribution is -2.07. The summed E-state index contributed by atoms with van der Waals surface area (Å²) in [7, 11) is 0. The third-order valence-electron chi connectivity index (χ3n) is 3.99. The second kappa shape index (κ2) is 6.01. The minimum atomic E-state index is -0.958. The van der Waals surface area contributed by atoms with Crippen molar-refractivity contribution < 1.29 is 13.5 Å². The lowest BCUT2D eigenvalue weighted by molar-refractivity contribution is 0.248. The predicted molar refractivity (Wildman–Crippen MR) is 94.6 cm³/mol. The molecule has 4 aromatic rings. The molecule has 5 nitrogen and oxygen atoms in total. The molecule has 0 aliphatic rings. The van der Waals surface area contributed by atoms with E-state index in [4.69, 9.17) is 4.74 Å². The Morgan fingerprint density at radius 2 is 1.88 bits per heavy atom. The zero-order valence-electron chi connectivity index (χ0n) is 14.5. The summed E-state index contributed by atoms with van der Waals surface area (Å²) in [5.41, 5.74) is 1.44. The molecule has 0 amide bonds. The summed E-state index contributed by atoms with van der Waals surface area (Å²) in [6.45, 7) is 5.56. The third-order valence-corrected chi connectivity index (χ3v) is 3.99. The summed E-state index contributed by atoms with van der Waals surface area (Å²) in [5.74, 6) is -0.878. The van der Waals surface area contributed by atoms with Crippen molar-refractivity contribution in [3.8, 4) is 11.6 Å². The standard InChI is InChI=1S/C19H16F2N4O/c1-10(2)26-18-12-8-13(20)14(21)9-15(12)23-19-17(18)11(3)24-25(19)16-6-4-5-7-22-16/h4-10H,1-3H3. The van der Waals surface area contributed by atoms with Crippen molar-refractivity contribution in [3.63, 3.8) is 0 Å². The van der Waals surface area contributed by atoms with E-state index in [9.17, 15) is 8.78 Å². The highest BCUT2D eigenvalue weighted by Gasteiger charge is 2.21. The van der Waals surface area contributed by atoms with Gasteiger partial charge in [0.05, 0.1) is 22.7 Å². The van der Waals surface area contributed by atoms with Gasteiger partial charge < -0.3 is 4.74 Å². The van der Waals surface area contributed by atoms with Crippen LogP contribution in [0.3, 0.4) is 0 Å². The number of aryl methyl sites for hydroxylation is 1. The highest BCUT2D eigenvalue weighted by molar-refractivity contribution is 6.01. The molecule has 0 saturated carbocycles. The third kappa shape index (κ3) is 2.56. The Morgan fingerprint density at radius 3 is 2.58 bits per heavy atom. The first-order valence-electron chi connectivity index (χ1n) is 8.22. The second-order valence-corrected chi connectivity index (χ2v) is 6.27. The Bertz CT molecular complexity index is 1120. The Morgan fingerprint density at radius 1 is 1.12 bits per heavy atom. The van der Waals surface area contributed by atoms with E-state index in [1.807, 2.05) is 26.8 Å². The molecule has 0 saturated heterocycles. The molecule has 3 heterocycles. The fourth-order valence-electron chi connectivity index (χ4n) is 2.94. The summed E-state index contributed by atoms with van der Waals surface area (Å²) in [6, 6.07) is 7.63. The molecule has 0 atom stereocenters. The fourth-order valence-corrected chi connectivity index (χ4v) is 2.94. The van der Waals surface area contributed by atoms with Crippen LogP contribution in [0.2, 0.25) is 0 Å². The van der Waals surface area contributed by atoms with E-state index in [1.54, 1.807) is 23.0 Å². The number of benzene rings is 1. The second-order valence-electron chi connectivity index (χ2n) is 6.27. The summed E-state index contributed by atoms with van der Waals surface area (Å²) in [5, 5.41) is 5.59. The van der Waals surface area contributed by atoms with Crippen molar-refractivity contribution in [1.29, 1.82) is 0 Å². The van der Waals surface area contributed by atoms with Crippen molar-refractivity contribution in [2.45, 2.75) is 26.9 Å². The molecule has 0 unspecified atom stereocenters. The lowest BCUT2D eigenvalue weighted by Gasteiger charge is -2.14. The average molecular weight is 354 g/mol. The van der Waals surface area contributed by atoms with Crippen LogP contribution in [0.5, 0.6) is 5.75 Å². The van der Waals surface area contributed by atoms with Crippen LogP contribution in [0.15, 0.2) is 36.5 Å². The smallest absolute Gasteiger partial charge is 0.169 e. The van der Waals surface area contributed by atoms with Gasteiger partial charge in [0, 0.05) is 17.6 Å². The quantitative estimate of drug-likeness (QED) is 0.549. The van der Waals surface area contributed by atoms with Crippen molar-refractivity contribution in [2.75, 3.05) is 0 Å². The molecule has 3 aromatic heterocycles. The summed E-state index contributed by atoms with van der Waals surface area (Å²) < 4.78 is 35.2. The van der Waals surface area contributed by atoms with Crippen molar-refractivity contribution in [2.24, 2.45) is 0 Å². The van der Waals surface area contributed by atoms with Gasteiger partial charge in [-0.3, -0.25) is 0 Å². The molecular formula is C19H16F2N4O. The fraction of sp³-hybridized carbons (Fsp3) is 0.211. The highest BCUT2D eigenvalue weighted by atomic mass is 19.2. The lowest BCUT2D eigenvalue weighted by atomic mass is 10.1.